The highest BCUT2D eigenvalue weighted by molar-refractivity contribution is 7.91. The van der Waals surface area contributed by atoms with Gasteiger partial charge in [0, 0.05) is 25.6 Å². The maximum Gasteiger partial charge on any atom is 0.224 e. The van der Waals surface area contributed by atoms with Crippen LogP contribution in [0.1, 0.15) is 25.3 Å². The predicted octanol–water partition coefficient (Wildman–Crippen LogP) is 1.25. The lowest BCUT2D eigenvalue weighted by Gasteiger charge is -2.27. The Hall–Kier alpha value is -1.60. The maximum absolute atomic E-state index is 12.4. The summed E-state index contributed by atoms with van der Waals surface area (Å²) in [7, 11) is -1.32. The number of hydrogen-bond donors (Lipinski definition) is 1. The van der Waals surface area contributed by atoms with Crippen LogP contribution in [-0.2, 0) is 21.1 Å². The second-order valence-electron chi connectivity index (χ2n) is 6.34. The van der Waals surface area contributed by atoms with Crippen LogP contribution in [0.2, 0.25) is 0 Å². The Morgan fingerprint density at radius 1 is 1.36 bits per heavy atom. The van der Waals surface area contributed by atoms with Gasteiger partial charge in [0.25, 0.3) is 0 Å². The molecule has 0 bridgehead atoms. The van der Waals surface area contributed by atoms with Crippen LogP contribution in [0.15, 0.2) is 24.3 Å². The maximum atomic E-state index is 12.4. The SMILES string of the molecule is CCN(C(=O)CCNCCc1cccc(OC)c1)C1CCS(=O)(=O)C1. The highest BCUT2D eigenvalue weighted by Crippen LogP contribution is 2.18. The summed E-state index contributed by atoms with van der Waals surface area (Å²) < 4.78 is 28.4. The number of nitrogens with zero attached hydrogens (tertiary/aromatic N) is 1. The third kappa shape index (κ3) is 6.01. The Labute approximate surface area is 150 Å². The zero-order valence-corrected chi connectivity index (χ0v) is 15.8. The fraction of sp³-hybridized carbons (Fsp3) is 0.611. The zero-order chi connectivity index (χ0) is 18.3. The van der Waals surface area contributed by atoms with Crippen molar-refractivity contribution in [3.63, 3.8) is 0 Å². The molecule has 1 heterocycles. The summed E-state index contributed by atoms with van der Waals surface area (Å²) in [6.07, 6.45) is 1.82. The van der Waals surface area contributed by atoms with E-state index in [1.807, 2.05) is 25.1 Å². The normalized spacial score (nSPS) is 18.9. The molecule has 1 amide bonds. The van der Waals surface area contributed by atoms with E-state index in [4.69, 9.17) is 4.74 Å². The summed E-state index contributed by atoms with van der Waals surface area (Å²) in [4.78, 5) is 14.1. The van der Waals surface area contributed by atoms with Gasteiger partial charge < -0.3 is 15.0 Å². The Morgan fingerprint density at radius 2 is 2.16 bits per heavy atom. The largest absolute Gasteiger partial charge is 0.497 e. The first-order valence-corrected chi connectivity index (χ1v) is 10.6. The monoisotopic (exact) mass is 368 g/mol. The molecule has 2 rings (SSSR count). The number of carbonyl (C=O) groups is 1. The molecule has 0 saturated carbocycles. The van der Waals surface area contributed by atoms with E-state index in [0.29, 0.717) is 25.9 Å². The van der Waals surface area contributed by atoms with Gasteiger partial charge in [0.05, 0.1) is 18.6 Å². The molecule has 1 aromatic rings. The van der Waals surface area contributed by atoms with Crippen LogP contribution in [-0.4, -0.2) is 63.5 Å². The highest BCUT2D eigenvalue weighted by Gasteiger charge is 2.33. The minimum atomic E-state index is -2.97. The second kappa shape index (κ2) is 9.20. The summed E-state index contributed by atoms with van der Waals surface area (Å²) in [6, 6.07) is 7.78. The molecule has 7 heteroatoms. The first-order chi connectivity index (χ1) is 11.9. The van der Waals surface area contributed by atoms with Gasteiger partial charge in [-0.3, -0.25) is 4.79 Å². The van der Waals surface area contributed by atoms with Gasteiger partial charge >= 0.3 is 0 Å². The second-order valence-corrected chi connectivity index (χ2v) is 8.57. The average Bonchev–Trinajstić information content (AvgIpc) is 2.95. The van der Waals surface area contributed by atoms with Crippen LogP contribution < -0.4 is 10.1 Å². The number of methoxy groups -OCH3 is 1. The molecule has 6 nitrogen and oxygen atoms in total. The Morgan fingerprint density at radius 3 is 2.80 bits per heavy atom. The highest BCUT2D eigenvalue weighted by atomic mass is 32.2. The third-order valence-corrected chi connectivity index (χ3v) is 6.30. The lowest BCUT2D eigenvalue weighted by Crippen LogP contribution is -2.42. The summed E-state index contributed by atoms with van der Waals surface area (Å²) >= 11 is 0. The van der Waals surface area contributed by atoms with Crippen LogP contribution in [0.4, 0.5) is 0 Å². The molecule has 0 radical (unpaired) electrons. The summed E-state index contributed by atoms with van der Waals surface area (Å²) in [5, 5.41) is 3.28. The van der Waals surface area contributed by atoms with Crippen LogP contribution in [0.3, 0.4) is 0 Å². The van der Waals surface area contributed by atoms with Crippen LogP contribution in [0, 0.1) is 0 Å². The van der Waals surface area contributed by atoms with Gasteiger partial charge in [-0.15, -0.1) is 0 Å². The Balaban J connectivity index is 1.70. The topological polar surface area (TPSA) is 75.7 Å². The smallest absolute Gasteiger partial charge is 0.224 e. The van der Waals surface area contributed by atoms with E-state index in [0.717, 1.165) is 18.7 Å². The lowest BCUT2D eigenvalue weighted by atomic mass is 10.1. The first-order valence-electron chi connectivity index (χ1n) is 8.78. The minimum absolute atomic E-state index is 0.0264. The van der Waals surface area contributed by atoms with E-state index in [9.17, 15) is 13.2 Å². The molecule has 0 aromatic heterocycles. The van der Waals surface area contributed by atoms with Gasteiger partial charge in [-0.25, -0.2) is 8.42 Å². The molecule has 140 valence electrons. The van der Waals surface area contributed by atoms with Crippen molar-refractivity contribution < 1.29 is 17.9 Å². The Kier molecular flexibility index (Phi) is 7.25. The molecule has 1 saturated heterocycles. The van der Waals surface area contributed by atoms with Gasteiger partial charge in [0.15, 0.2) is 9.84 Å². The van der Waals surface area contributed by atoms with Gasteiger partial charge in [0.1, 0.15) is 5.75 Å². The number of sulfone groups is 1. The molecule has 1 aromatic carbocycles. The van der Waals surface area contributed by atoms with Gasteiger partial charge in [-0.2, -0.15) is 0 Å². The quantitative estimate of drug-likeness (QED) is 0.664. The number of nitrogens with one attached hydrogen (secondary N) is 1. The molecule has 25 heavy (non-hydrogen) atoms. The van der Waals surface area contributed by atoms with Crippen LogP contribution in [0.25, 0.3) is 0 Å². The molecular weight excluding hydrogens is 340 g/mol. The molecule has 0 aliphatic carbocycles. The van der Waals surface area contributed by atoms with Crippen molar-refractivity contribution in [1.82, 2.24) is 10.2 Å². The van der Waals surface area contributed by atoms with Crippen molar-refractivity contribution in [3.05, 3.63) is 29.8 Å². The zero-order valence-electron chi connectivity index (χ0n) is 15.0. The number of benzene rings is 1. The first kappa shape index (κ1) is 19.7. The van der Waals surface area contributed by atoms with E-state index >= 15 is 0 Å². The van der Waals surface area contributed by atoms with E-state index in [1.54, 1.807) is 12.0 Å². The van der Waals surface area contributed by atoms with E-state index in [-0.39, 0.29) is 23.5 Å². The number of carbonyl (C=O) groups excluding carboxylic acids is 1. The minimum Gasteiger partial charge on any atom is -0.497 e. The average molecular weight is 368 g/mol. The standard InChI is InChI=1S/C18H28N2O4S/c1-3-20(16-9-12-25(22,23)14-16)18(21)8-11-19-10-7-15-5-4-6-17(13-15)24-2/h4-6,13,16,19H,3,7-12,14H2,1-2H3. The van der Waals surface area contributed by atoms with Crippen molar-refractivity contribution in [2.24, 2.45) is 0 Å². The van der Waals surface area contributed by atoms with E-state index in [2.05, 4.69) is 11.4 Å². The molecular formula is C18H28N2O4S. The van der Waals surface area contributed by atoms with Gasteiger partial charge in [-0.05, 0) is 44.0 Å². The lowest BCUT2D eigenvalue weighted by molar-refractivity contribution is -0.132. The molecule has 1 aliphatic heterocycles. The summed E-state index contributed by atoms with van der Waals surface area (Å²) in [5.74, 6) is 1.17. The summed E-state index contributed by atoms with van der Waals surface area (Å²) in [5.41, 5.74) is 1.18. The number of amides is 1. The fourth-order valence-corrected chi connectivity index (χ4v) is 4.91. The predicted molar refractivity (Wildman–Crippen MR) is 98.6 cm³/mol. The van der Waals surface area contributed by atoms with Crippen LogP contribution >= 0.6 is 0 Å². The van der Waals surface area contributed by atoms with Crippen molar-refractivity contribution in [1.29, 1.82) is 0 Å². The molecule has 1 fully saturated rings. The molecule has 0 spiro atoms. The van der Waals surface area contributed by atoms with Crippen molar-refractivity contribution in [3.8, 4) is 5.75 Å². The van der Waals surface area contributed by atoms with Crippen molar-refractivity contribution in [2.45, 2.75) is 32.2 Å². The van der Waals surface area contributed by atoms with Gasteiger partial charge in [0.2, 0.25) is 5.91 Å². The summed E-state index contributed by atoms with van der Waals surface area (Å²) in [6.45, 7) is 3.84. The number of ether oxygens (including phenoxy) is 1. The number of hydrogen-bond acceptors (Lipinski definition) is 5. The molecule has 1 atom stereocenters. The molecule has 1 aliphatic rings. The van der Waals surface area contributed by atoms with E-state index < -0.39 is 9.84 Å². The van der Waals surface area contributed by atoms with E-state index in [1.165, 1.54) is 5.56 Å². The van der Waals surface area contributed by atoms with Gasteiger partial charge in [-0.1, -0.05) is 12.1 Å². The fourth-order valence-electron chi connectivity index (χ4n) is 3.18. The van der Waals surface area contributed by atoms with Crippen molar-refractivity contribution >= 4 is 15.7 Å². The molecule has 1 N–H and O–H groups in total. The van der Waals surface area contributed by atoms with Crippen LogP contribution in [0.5, 0.6) is 5.75 Å². The number of rotatable bonds is 9. The Bertz CT molecular complexity index is 675. The third-order valence-electron chi connectivity index (χ3n) is 4.55. The van der Waals surface area contributed by atoms with Crippen molar-refractivity contribution in [2.75, 3.05) is 38.2 Å². The molecule has 1 unspecified atom stereocenters.